The van der Waals surface area contributed by atoms with Crippen molar-refractivity contribution >= 4 is 35.9 Å². The van der Waals surface area contributed by atoms with Crippen LogP contribution < -0.4 is 5.84 Å². The molecule has 26 heavy (non-hydrogen) atoms. The summed E-state index contributed by atoms with van der Waals surface area (Å²) in [7, 11) is -2.22. The highest BCUT2D eigenvalue weighted by Crippen LogP contribution is 2.41. The van der Waals surface area contributed by atoms with Gasteiger partial charge in [-0.15, -0.1) is 0 Å². The van der Waals surface area contributed by atoms with Gasteiger partial charge < -0.3 is 15.0 Å². The van der Waals surface area contributed by atoms with Crippen LogP contribution in [0.15, 0.2) is 33.8 Å². The molecule has 0 saturated carbocycles. The summed E-state index contributed by atoms with van der Waals surface area (Å²) in [5.41, 5.74) is 0.215. The van der Waals surface area contributed by atoms with Gasteiger partial charge in [0, 0.05) is 10.0 Å². The van der Waals surface area contributed by atoms with Gasteiger partial charge in [0.2, 0.25) is 0 Å². The Morgan fingerprint density at radius 2 is 1.69 bits per heavy atom. The van der Waals surface area contributed by atoms with Crippen molar-refractivity contribution in [3.05, 3.63) is 34.3 Å². The van der Waals surface area contributed by atoms with Crippen molar-refractivity contribution in [2.24, 2.45) is 10.9 Å². The van der Waals surface area contributed by atoms with Crippen LogP contribution in [0.4, 0.5) is 0 Å². The van der Waals surface area contributed by atoms with Gasteiger partial charge in [-0.2, -0.15) is 5.10 Å². The van der Waals surface area contributed by atoms with Crippen LogP contribution in [0.3, 0.4) is 0 Å². The van der Waals surface area contributed by atoms with Crippen molar-refractivity contribution in [2.45, 2.75) is 71.4 Å². The minimum atomic E-state index is -2.22. The standard InChI is InChI=1S/C19H31BrN2O3Si/c1-18(2,3)24-17(23)15(22-21)16(13-11-9-10-12-14(13)20)25-26(7,8)19(4,5)6/h9-12,16H,21H2,1-8H3/b22-15-. The number of halogens is 1. The molecule has 0 aromatic heterocycles. The molecular weight excluding hydrogens is 412 g/mol. The summed E-state index contributed by atoms with van der Waals surface area (Å²) < 4.78 is 12.9. The molecule has 146 valence electrons. The number of benzene rings is 1. The molecule has 0 radical (unpaired) electrons. The zero-order chi connectivity index (χ0) is 20.3. The lowest BCUT2D eigenvalue weighted by Gasteiger charge is -2.39. The lowest BCUT2D eigenvalue weighted by molar-refractivity contribution is -0.146. The normalized spacial score (nSPS) is 14.9. The summed E-state index contributed by atoms with van der Waals surface area (Å²) in [5.74, 6) is 5.05. The van der Waals surface area contributed by atoms with E-state index in [1.807, 2.05) is 24.3 Å². The summed E-state index contributed by atoms with van der Waals surface area (Å²) in [5, 5.41) is 3.73. The average molecular weight is 443 g/mol. The van der Waals surface area contributed by atoms with Gasteiger partial charge in [0.05, 0.1) is 0 Å². The van der Waals surface area contributed by atoms with Gasteiger partial charge in [-0.05, 0) is 45.0 Å². The Kier molecular flexibility index (Phi) is 7.23. The number of carbonyl (C=O) groups excluding carboxylic acids is 1. The molecule has 1 atom stereocenters. The van der Waals surface area contributed by atoms with Crippen LogP contribution in [-0.4, -0.2) is 25.6 Å². The van der Waals surface area contributed by atoms with E-state index in [2.05, 4.69) is 54.9 Å². The number of carbonyl (C=O) groups is 1. The summed E-state index contributed by atoms with van der Waals surface area (Å²) in [6.07, 6.45) is -0.702. The van der Waals surface area contributed by atoms with Crippen molar-refractivity contribution in [3.8, 4) is 0 Å². The molecule has 1 aromatic carbocycles. The lowest BCUT2D eigenvalue weighted by atomic mass is 10.0. The van der Waals surface area contributed by atoms with Crippen LogP contribution in [0, 0.1) is 0 Å². The number of ether oxygens (including phenoxy) is 1. The third-order valence-electron chi connectivity index (χ3n) is 4.40. The van der Waals surface area contributed by atoms with Crippen molar-refractivity contribution < 1.29 is 14.0 Å². The third-order valence-corrected chi connectivity index (χ3v) is 9.56. The Morgan fingerprint density at radius 3 is 2.12 bits per heavy atom. The van der Waals surface area contributed by atoms with Crippen molar-refractivity contribution in [2.75, 3.05) is 0 Å². The van der Waals surface area contributed by atoms with E-state index in [1.165, 1.54) is 0 Å². The fourth-order valence-corrected chi connectivity index (χ4v) is 3.66. The summed E-state index contributed by atoms with van der Waals surface area (Å²) >= 11 is 3.55. The minimum Gasteiger partial charge on any atom is -0.455 e. The maximum Gasteiger partial charge on any atom is 0.358 e. The topological polar surface area (TPSA) is 73.9 Å². The lowest BCUT2D eigenvalue weighted by Crippen LogP contribution is -2.45. The molecule has 0 heterocycles. The highest BCUT2D eigenvalue weighted by molar-refractivity contribution is 9.10. The largest absolute Gasteiger partial charge is 0.455 e. The van der Waals surface area contributed by atoms with Gasteiger partial charge in [-0.3, -0.25) is 0 Å². The first-order valence-corrected chi connectivity index (χ1v) is 12.3. The number of rotatable bonds is 5. The van der Waals surface area contributed by atoms with E-state index in [1.54, 1.807) is 20.8 Å². The van der Waals surface area contributed by atoms with Crippen molar-refractivity contribution in [1.82, 2.24) is 0 Å². The predicted molar refractivity (Wildman–Crippen MR) is 113 cm³/mol. The third kappa shape index (κ3) is 5.92. The van der Waals surface area contributed by atoms with Crippen LogP contribution >= 0.6 is 15.9 Å². The summed E-state index contributed by atoms with van der Waals surface area (Å²) in [6.45, 7) is 16.1. The van der Waals surface area contributed by atoms with E-state index in [-0.39, 0.29) is 10.7 Å². The molecular formula is C19H31BrN2O3Si. The summed E-state index contributed by atoms with van der Waals surface area (Å²) in [4.78, 5) is 12.7. The number of nitrogens with two attached hydrogens (primary N) is 1. The zero-order valence-electron chi connectivity index (χ0n) is 17.0. The van der Waals surface area contributed by atoms with Gasteiger partial charge in [0.1, 0.15) is 11.7 Å². The molecule has 0 bridgehead atoms. The van der Waals surface area contributed by atoms with Crippen molar-refractivity contribution in [3.63, 3.8) is 0 Å². The van der Waals surface area contributed by atoms with E-state index < -0.39 is 26.0 Å². The van der Waals surface area contributed by atoms with Gasteiger partial charge in [-0.1, -0.05) is 54.9 Å². The van der Waals surface area contributed by atoms with E-state index in [9.17, 15) is 4.79 Å². The molecule has 1 rings (SSSR count). The van der Waals surface area contributed by atoms with E-state index in [4.69, 9.17) is 15.0 Å². The van der Waals surface area contributed by atoms with Crippen LogP contribution in [-0.2, 0) is 14.0 Å². The molecule has 0 saturated heterocycles. The maximum atomic E-state index is 12.7. The molecule has 0 amide bonds. The molecule has 1 unspecified atom stereocenters. The van der Waals surface area contributed by atoms with E-state index in [0.29, 0.717) is 0 Å². The van der Waals surface area contributed by atoms with Gasteiger partial charge >= 0.3 is 5.97 Å². The first-order valence-electron chi connectivity index (χ1n) is 8.63. The molecule has 0 fully saturated rings. The monoisotopic (exact) mass is 442 g/mol. The highest BCUT2D eigenvalue weighted by Gasteiger charge is 2.42. The van der Waals surface area contributed by atoms with Gasteiger partial charge in [0.25, 0.3) is 0 Å². The van der Waals surface area contributed by atoms with Crippen molar-refractivity contribution in [1.29, 1.82) is 0 Å². The van der Waals surface area contributed by atoms with Crippen LogP contribution in [0.2, 0.25) is 18.1 Å². The smallest absolute Gasteiger partial charge is 0.358 e. The number of nitrogens with zero attached hydrogens (tertiary/aromatic N) is 1. The highest BCUT2D eigenvalue weighted by atomic mass is 79.9. The van der Waals surface area contributed by atoms with Gasteiger partial charge in [0.15, 0.2) is 14.0 Å². The Labute approximate surface area is 166 Å². The van der Waals surface area contributed by atoms with Crippen LogP contribution in [0.25, 0.3) is 0 Å². The zero-order valence-corrected chi connectivity index (χ0v) is 19.6. The quantitative estimate of drug-likeness (QED) is 0.224. The number of hydrogen-bond acceptors (Lipinski definition) is 5. The van der Waals surface area contributed by atoms with Gasteiger partial charge in [-0.25, -0.2) is 4.79 Å². The second-order valence-electron chi connectivity index (χ2n) is 8.80. The molecule has 0 aliphatic heterocycles. The fourth-order valence-electron chi connectivity index (χ4n) is 1.98. The molecule has 1 aromatic rings. The molecule has 5 nitrogen and oxygen atoms in total. The number of hydrogen-bond donors (Lipinski definition) is 1. The molecule has 0 spiro atoms. The Bertz CT molecular complexity index is 676. The van der Waals surface area contributed by atoms with E-state index >= 15 is 0 Å². The second kappa shape index (κ2) is 8.23. The average Bonchev–Trinajstić information content (AvgIpc) is 2.44. The molecule has 2 N–H and O–H groups in total. The SMILES string of the molecule is CC(C)(C)OC(=O)/C(=N\N)C(O[Si](C)(C)C(C)(C)C)c1ccccc1Br. The predicted octanol–water partition coefficient (Wildman–Crippen LogP) is 5.17. The first kappa shape index (κ1) is 22.9. The van der Waals surface area contributed by atoms with E-state index in [0.717, 1.165) is 10.0 Å². The Morgan fingerprint density at radius 1 is 1.15 bits per heavy atom. The second-order valence-corrected chi connectivity index (χ2v) is 14.4. The Balaban J connectivity index is 3.41. The number of hydrazone groups is 1. The summed E-state index contributed by atoms with van der Waals surface area (Å²) in [6, 6.07) is 7.60. The van der Waals surface area contributed by atoms with Crippen LogP contribution in [0.5, 0.6) is 0 Å². The number of esters is 1. The Hall–Kier alpha value is -1.18. The van der Waals surface area contributed by atoms with Crippen LogP contribution in [0.1, 0.15) is 53.2 Å². The molecule has 7 heteroatoms. The molecule has 0 aliphatic carbocycles. The maximum absolute atomic E-state index is 12.7. The first-order chi connectivity index (χ1) is 11.7. The molecule has 0 aliphatic rings. The fraction of sp³-hybridized carbons (Fsp3) is 0.579. The minimum absolute atomic E-state index is 0.0415.